The summed E-state index contributed by atoms with van der Waals surface area (Å²) in [5.41, 5.74) is 3.40. The van der Waals surface area contributed by atoms with Gasteiger partial charge in [-0.15, -0.1) is 10.2 Å². The molecule has 29 heavy (non-hydrogen) atoms. The lowest BCUT2D eigenvalue weighted by Gasteiger charge is -2.11. The first-order chi connectivity index (χ1) is 14.1. The molecule has 0 unspecified atom stereocenters. The standard InChI is InChI=1S/C21H20N4O3S/c1-13-10-14-6-4-5-7-17(14)25-20(13)23-24-21(25)29-12-19(26)22-16-11-15(27-2)8-9-18(16)28-3/h4-11H,12H2,1-3H3,(H,22,26). The number of ether oxygens (including phenoxy) is 2. The van der Waals surface area contributed by atoms with Crippen LogP contribution in [-0.4, -0.2) is 40.5 Å². The van der Waals surface area contributed by atoms with Crippen molar-refractivity contribution in [3.8, 4) is 11.5 Å². The zero-order valence-corrected chi connectivity index (χ0v) is 17.1. The largest absolute Gasteiger partial charge is 0.497 e. The lowest BCUT2D eigenvalue weighted by Crippen LogP contribution is -2.15. The minimum atomic E-state index is -0.171. The van der Waals surface area contributed by atoms with Gasteiger partial charge in [0.25, 0.3) is 0 Å². The summed E-state index contributed by atoms with van der Waals surface area (Å²) in [5.74, 6) is 1.22. The van der Waals surface area contributed by atoms with Crippen molar-refractivity contribution in [2.75, 3.05) is 25.3 Å². The van der Waals surface area contributed by atoms with Crippen LogP contribution in [-0.2, 0) is 4.79 Å². The second kappa shape index (κ2) is 8.00. The quantitative estimate of drug-likeness (QED) is 0.487. The number of hydrogen-bond acceptors (Lipinski definition) is 6. The van der Waals surface area contributed by atoms with Crippen molar-refractivity contribution < 1.29 is 14.3 Å². The van der Waals surface area contributed by atoms with Crippen molar-refractivity contribution in [3.63, 3.8) is 0 Å². The number of aryl methyl sites for hydroxylation is 1. The van der Waals surface area contributed by atoms with Gasteiger partial charge in [0.1, 0.15) is 11.5 Å². The van der Waals surface area contributed by atoms with Gasteiger partial charge in [0.15, 0.2) is 10.8 Å². The Kier molecular flexibility index (Phi) is 5.26. The Hall–Kier alpha value is -3.26. The molecule has 1 amide bonds. The molecule has 4 rings (SSSR count). The van der Waals surface area contributed by atoms with E-state index in [0.717, 1.165) is 22.1 Å². The Morgan fingerprint density at radius 1 is 1.10 bits per heavy atom. The maximum atomic E-state index is 12.6. The summed E-state index contributed by atoms with van der Waals surface area (Å²) in [4.78, 5) is 12.6. The molecule has 2 heterocycles. The van der Waals surface area contributed by atoms with E-state index in [9.17, 15) is 4.79 Å². The van der Waals surface area contributed by atoms with Crippen molar-refractivity contribution >= 4 is 39.9 Å². The smallest absolute Gasteiger partial charge is 0.234 e. The molecule has 0 saturated heterocycles. The molecule has 8 heteroatoms. The molecule has 0 fully saturated rings. The number of carbonyl (C=O) groups excluding carboxylic acids is 1. The van der Waals surface area contributed by atoms with E-state index in [1.54, 1.807) is 32.4 Å². The molecule has 1 N–H and O–H groups in total. The van der Waals surface area contributed by atoms with Crippen molar-refractivity contribution in [1.82, 2.24) is 14.6 Å². The van der Waals surface area contributed by atoms with Crippen LogP contribution in [0.25, 0.3) is 16.6 Å². The minimum absolute atomic E-state index is 0.171. The fourth-order valence-electron chi connectivity index (χ4n) is 3.18. The maximum absolute atomic E-state index is 12.6. The number of benzene rings is 2. The van der Waals surface area contributed by atoms with Gasteiger partial charge in [0.2, 0.25) is 5.91 Å². The summed E-state index contributed by atoms with van der Waals surface area (Å²) >= 11 is 1.34. The highest BCUT2D eigenvalue weighted by Gasteiger charge is 2.15. The highest BCUT2D eigenvalue weighted by atomic mass is 32.2. The van der Waals surface area contributed by atoms with Crippen LogP contribution in [0, 0.1) is 6.92 Å². The van der Waals surface area contributed by atoms with E-state index in [1.165, 1.54) is 11.8 Å². The number of thioether (sulfide) groups is 1. The molecule has 0 bridgehead atoms. The van der Waals surface area contributed by atoms with E-state index in [-0.39, 0.29) is 11.7 Å². The molecular formula is C21H20N4O3S. The van der Waals surface area contributed by atoms with Crippen molar-refractivity contribution in [2.45, 2.75) is 12.1 Å². The normalized spacial score (nSPS) is 11.0. The van der Waals surface area contributed by atoms with Crippen LogP contribution in [0.4, 0.5) is 5.69 Å². The van der Waals surface area contributed by atoms with Crippen LogP contribution in [0.2, 0.25) is 0 Å². The van der Waals surface area contributed by atoms with Crippen LogP contribution in [0.5, 0.6) is 11.5 Å². The third-order valence-corrected chi connectivity index (χ3v) is 5.48. The Labute approximate surface area is 172 Å². The molecule has 0 radical (unpaired) electrons. The first-order valence-electron chi connectivity index (χ1n) is 8.99. The molecule has 0 spiro atoms. The fraction of sp³-hybridized carbons (Fsp3) is 0.190. The van der Waals surface area contributed by atoms with E-state index in [4.69, 9.17) is 9.47 Å². The number of nitrogens with one attached hydrogen (secondary N) is 1. The van der Waals surface area contributed by atoms with Gasteiger partial charge in [-0.05, 0) is 42.1 Å². The molecule has 0 aliphatic carbocycles. The van der Waals surface area contributed by atoms with Gasteiger partial charge in [-0.3, -0.25) is 9.20 Å². The Balaban J connectivity index is 1.57. The zero-order valence-electron chi connectivity index (χ0n) is 16.3. The summed E-state index contributed by atoms with van der Waals surface area (Å²) in [6.07, 6.45) is 0. The summed E-state index contributed by atoms with van der Waals surface area (Å²) in [6.45, 7) is 2.01. The van der Waals surface area contributed by atoms with E-state index in [1.807, 2.05) is 29.5 Å². The van der Waals surface area contributed by atoms with Crippen LogP contribution >= 0.6 is 11.8 Å². The third-order valence-electron chi connectivity index (χ3n) is 4.55. The number of nitrogens with zero attached hydrogens (tertiary/aromatic N) is 3. The molecule has 0 atom stereocenters. The molecule has 4 aromatic rings. The number of rotatable bonds is 6. The Bertz CT molecular complexity index is 1210. The van der Waals surface area contributed by atoms with Gasteiger partial charge < -0.3 is 14.8 Å². The van der Waals surface area contributed by atoms with E-state index >= 15 is 0 Å². The average Bonchev–Trinajstić information content (AvgIpc) is 3.17. The number of para-hydroxylation sites is 1. The van der Waals surface area contributed by atoms with E-state index in [0.29, 0.717) is 22.3 Å². The summed E-state index contributed by atoms with van der Waals surface area (Å²) < 4.78 is 12.5. The predicted molar refractivity (Wildman–Crippen MR) is 114 cm³/mol. The number of aromatic nitrogens is 3. The van der Waals surface area contributed by atoms with Gasteiger partial charge in [0.05, 0.1) is 31.2 Å². The van der Waals surface area contributed by atoms with Gasteiger partial charge in [-0.1, -0.05) is 30.0 Å². The predicted octanol–water partition coefficient (Wildman–Crippen LogP) is 3.94. The van der Waals surface area contributed by atoms with Gasteiger partial charge in [-0.2, -0.15) is 0 Å². The fourth-order valence-corrected chi connectivity index (χ4v) is 3.92. The third kappa shape index (κ3) is 3.71. The molecular weight excluding hydrogens is 388 g/mol. The zero-order chi connectivity index (χ0) is 20.4. The maximum Gasteiger partial charge on any atom is 0.234 e. The number of hydrogen-bond donors (Lipinski definition) is 1. The number of amides is 1. The molecule has 148 valence electrons. The van der Waals surface area contributed by atoms with Crippen molar-refractivity contribution in [1.29, 1.82) is 0 Å². The lowest BCUT2D eigenvalue weighted by molar-refractivity contribution is -0.113. The van der Waals surface area contributed by atoms with Crippen LogP contribution < -0.4 is 14.8 Å². The summed E-state index contributed by atoms with van der Waals surface area (Å²) in [7, 11) is 3.13. The van der Waals surface area contributed by atoms with Crippen LogP contribution in [0.3, 0.4) is 0 Å². The number of methoxy groups -OCH3 is 2. The SMILES string of the molecule is COc1ccc(OC)c(NC(=O)CSc2nnc3c(C)cc4ccccc4n23)c1. The second-order valence-electron chi connectivity index (χ2n) is 6.43. The average molecular weight is 408 g/mol. The molecule has 0 saturated carbocycles. The van der Waals surface area contributed by atoms with Crippen LogP contribution in [0.1, 0.15) is 5.56 Å². The van der Waals surface area contributed by atoms with Crippen molar-refractivity contribution in [2.24, 2.45) is 0 Å². The van der Waals surface area contributed by atoms with Gasteiger partial charge >= 0.3 is 0 Å². The van der Waals surface area contributed by atoms with Gasteiger partial charge in [-0.25, -0.2) is 0 Å². The number of anilines is 1. The first kappa shape index (κ1) is 19.1. The molecule has 0 aliphatic heterocycles. The highest BCUT2D eigenvalue weighted by molar-refractivity contribution is 7.99. The Morgan fingerprint density at radius 3 is 2.72 bits per heavy atom. The van der Waals surface area contributed by atoms with E-state index < -0.39 is 0 Å². The molecule has 2 aromatic heterocycles. The van der Waals surface area contributed by atoms with E-state index in [2.05, 4.69) is 27.6 Å². The summed E-state index contributed by atoms with van der Waals surface area (Å²) in [5, 5.41) is 13.3. The summed E-state index contributed by atoms with van der Waals surface area (Å²) in [6, 6.07) is 15.4. The molecule has 2 aromatic carbocycles. The number of carbonyl (C=O) groups is 1. The van der Waals surface area contributed by atoms with Crippen molar-refractivity contribution in [3.05, 3.63) is 54.1 Å². The second-order valence-corrected chi connectivity index (χ2v) is 7.37. The van der Waals surface area contributed by atoms with Crippen LogP contribution in [0.15, 0.2) is 53.7 Å². The molecule has 7 nitrogen and oxygen atoms in total. The van der Waals surface area contributed by atoms with Gasteiger partial charge in [0, 0.05) is 6.07 Å². The highest BCUT2D eigenvalue weighted by Crippen LogP contribution is 2.30. The first-order valence-corrected chi connectivity index (χ1v) is 9.97. The number of fused-ring (bicyclic) bond motifs is 3. The monoisotopic (exact) mass is 408 g/mol. The lowest BCUT2D eigenvalue weighted by atomic mass is 10.1. The number of pyridine rings is 1. The molecule has 0 aliphatic rings. The minimum Gasteiger partial charge on any atom is -0.497 e. The Morgan fingerprint density at radius 2 is 1.93 bits per heavy atom. The topological polar surface area (TPSA) is 77.8 Å².